The average molecular weight is 412 g/mol. The van der Waals surface area contributed by atoms with Gasteiger partial charge in [-0.3, -0.25) is 9.69 Å². The molecule has 1 aliphatic rings. The number of likely N-dealkylation sites (tertiary alicyclic amines) is 1. The quantitative estimate of drug-likeness (QED) is 0.670. The van der Waals surface area contributed by atoms with Gasteiger partial charge in [0.2, 0.25) is 5.91 Å². The molecule has 1 atom stereocenters. The number of rotatable bonds is 6. The van der Waals surface area contributed by atoms with Gasteiger partial charge in [-0.25, -0.2) is 9.67 Å². The Morgan fingerprint density at radius 1 is 1.28 bits per heavy atom. The van der Waals surface area contributed by atoms with Crippen LogP contribution >= 0.6 is 11.3 Å². The summed E-state index contributed by atoms with van der Waals surface area (Å²) in [6.45, 7) is 5.96. The van der Waals surface area contributed by atoms with E-state index in [4.69, 9.17) is 4.98 Å². The van der Waals surface area contributed by atoms with E-state index in [1.807, 2.05) is 24.3 Å². The van der Waals surface area contributed by atoms with Crippen molar-refractivity contribution in [1.82, 2.24) is 30.1 Å². The van der Waals surface area contributed by atoms with Crippen molar-refractivity contribution in [1.29, 1.82) is 0 Å². The fourth-order valence-electron chi connectivity index (χ4n) is 3.52. The lowest BCUT2D eigenvalue weighted by Gasteiger charge is -2.34. The number of anilines is 1. The Kier molecular flexibility index (Phi) is 5.96. The van der Waals surface area contributed by atoms with E-state index >= 15 is 0 Å². The van der Waals surface area contributed by atoms with Crippen molar-refractivity contribution in [2.24, 2.45) is 0 Å². The number of nitrogens with one attached hydrogen (secondary N) is 1. The number of carbonyl (C=O) groups excluding carboxylic acids is 1. The Hall–Kier alpha value is -2.65. The molecule has 0 saturated carbocycles. The summed E-state index contributed by atoms with van der Waals surface area (Å²) >= 11 is 1.69. The van der Waals surface area contributed by atoms with E-state index in [9.17, 15) is 4.79 Å². The lowest BCUT2D eigenvalue weighted by atomic mass is 10.0. The van der Waals surface area contributed by atoms with E-state index in [0.29, 0.717) is 5.92 Å². The van der Waals surface area contributed by atoms with Crippen LogP contribution in [0.4, 0.5) is 5.69 Å². The predicted molar refractivity (Wildman–Crippen MR) is 112 cm³/mol. The second-order valence-corrected chi connectivity index (χ2v) is 8.54. The van der Waals surface area contributed by atoms with Crippen molar-refractivity contribution in [3.05, 3.63) is 46.7 Å². The zero-order valence-corrected chi connectivity index (χ0v) is 17.5. The summed E-state index contributed by atoms with van der Waals surface area (Å²) in [6, 6.07) is 7.38. The first-order chi connectivity index (χ1) is 14.1. The highest BCUT2D eigenvalue weighted by Crippen LogP contribution is 2.24. The van der Waals surface area contributed by atoms with Crippen molar-refractivity contribution >= 4 is 22.9 Å². The molecule has 1 saturated heterocycles. The molecule has 3 aromatic rings. The monoisotopic (exact) mass is 411 g/mol. The number of piperidine rings is 1. The largest absolute Gasteiger partial charge is 0.325 e. The molecule has 1 N–H and O–H groups in total. The molecular weight excluding hydrogens is 386 g/mol. The van der Waals surface area contributed by atoms with E-state index in [2.05, 4.69) is 45.0 Å². The van der Waals surface area contributed by atoms with Gasteiger partial charge in [-0.15, -0.1) is 16.4 Å². The van der Waals surface area contributed by atoms with E-state index in [-0.39, 0.29) is 11.9 Å². The maximum atomic E-state index is 13.0. The molecule has 9 heteroatoms. The summed E-state index contributed by atoms with van der Waals surface area (Å²) in [7, 11) is 0. The fraction of sp³-hybridized carbons (Fsp3) is 0.450. The van der Waals surface area contributed by atoms with E-state index in [1.54, 1.807) is 16.0 Å². The SMILES string of the molecule is CC(C)c1csc(CN2CCCC[C@@H]2C(=O)Nc2ccc(-n3cnnn3)cc2)n1. The van der Waals surface area contributed by atoms with Gasteiger partial charge >= 0.3 is 0 Å². The van der Waals surface area contributed by atoms with Gasteiger partial charge in [0.05, 0.1) is 24.0 Å². The minimum Gasteiger partial charge on any atom is -0.325 e. The lowest BCUT2D eigenvalue weighted by molar-refractivity contribution is -0.122. The van der Waals surface area contributed by atoms with Crippen molar-refractivity contribution in [3.63, 3.8) is 0 Å². The Morgan fingerprint density at radius 3 is 2.79 bits per heavy atom. The van der Waals surface area contributed by atoms with Crippen molar-refractivity contribution in [2.45, 2.75) is 51.6 Å². The van der Waals surface area contributed by atoms with E-state index < -0.39 is 0 Å². The number of amides is 1. The van der Waals surface area contributed by atoms with Crippen LogP contribution in [0.3, 0.4) is 0 Å². The Balaban J connectivity index is 1.41. The van der Waals surface area contributed by atoms with Crippen LogP contribution in [0.2, 0.25) is 0 Å². The molecule has 29 heavy (non-hydrogen) atoms. The summed E-state index contributed by atoms with van der Waals surface area (Å²) in [5.41, 5.74) is 2.75. The van der Waals surface area contributed by atoms with Crippen LogP contribution < -0.4 is 5.32 Å². The number of thiazole rings is 1. The first-order valence-corrected chi connectivity index (χ1v) is 10.8. The van der Waals surface area contributed by atoms with Gasteiger partial charge in [0.1, 0.15) is 11.3 Å². The van der Waals surface area contributed by atoms with Gasteiger partial charge in [-0.1, -0.05) is 20.3 Å². The summed E-state index contributed by atoms with van der Waals surface area (Å²) < 4.78 is 1.58. The second-order valence-electron chi connectivity index (χ2n) is 7.59. The maximum absolute atomic E-state index is 13.0. The van der Waals surface area contributed by atoms with Gasteiger partial charge in [0, 0.05) is 11.1 Å². The van der Waals surface area contributed by atoms with Crippen LogP contribution in [0.1, 0.15) is 49.7 Å². The maximum Gasteiger partial charge on any atom is 0.241 e. The highest BCUT2D eigenvalue weighted by Gasteiger charge is 2.29. The molecular formula is C20H25N7OS. The van der Waals surface area contributed by atoms with Crippen LogP contribution in [0, 0.1) is 0 Å². The summed E-state index contributed by atoms with van der Waals surface area (Å²) in [5, 5.41) is 17.4. The molecule has 0 radical (unpaired) electrons. The van der Waals surface area contributed by atoms with Crippen LogP contribution in [0.15, 0.2) is 36.0 Å². The molecule has 3 heterocycles. The topological polar surface area (TPSA) is 88.8 Å². The number of hydrogen-bond donors (Lipinski definition) is 1. The van der Waals surface area contributed by atoms with E-state index in [1.165, 1.54) is 6.33 Å². The van der Waals surface area contributed by atoms with Gasteiger partial charge in [0.15, 0.2) is 0 Å². The molecule has 4 rings (SSSR count). The van der Waals surface area contributed by atoms with Crippen LogP contribution in [-0.4, -0.2) is 48.6 Å². The van der Waals surface area contributed by atoms with E-state index in [0.717, 1.165) is 54.4 Å². The first-order valence-electron chi connectivity index (χ1n) is 9.93. The van der Waals surface area contributed by atoms with Gasteiger partial charge < -0.3 is 5.32 Å². The van der Waals surface area contributed by atoms with Gasteiger partial charge in [0.25, 0.3) is 0 Å². The zero-order valence-electron chi connectivity index (χ0n) is 16.7. The highest BCUT2D eigenvalue weighted by atomic mass is 32.1. The number of benzene rings is 1. The molecule has 1 amide bonds. The third-order valence-corrected chi connectivity index (χ3v) is 6.02. The summed E-state index contributed by atoms with van der Waals surface area (Å²) in [4.78, 5) is 20.0. The standard InChI is InChI=1S/C20H25N7OS/c1-14(2)17-12-29-19(23-17)11-26-10-4-3-5-18(26)20(28)22-15-6-8-16(9-7-15)27-13-21-24-25-27/h6-9,12-14,18H,3-5,10-11H2,1-2H3,(H,22,28)/t18-/m1/s1. The minimum absolute atomic E-state index is 0.0421. The Bertz CT molecular complexity index is 936. The number of tetrazole rings is 1. The highest BCUT2D eigenvalue weighted by molar-refractivity contribution is 7.09. The molecule has 152 valence electrons. The number of aromatic nitrogens is 5. The molecule has 0 unspecified atom stereocenters. The minimum atomic E-state index is -0.130. The zero-order chi connectivity index (χ0) is 20.2. The molecule has 0 aliphatic carbocycles. The Morgan fingerprint density at radius 2 is 2.10 bits per heavy atom. The van der Waals surface area contributed by atoms with Crippen LogP contribution in [-0.2, 0) is 11.3 Å². The first kappa shape index (κ1) is 19.7. The lowest BCUT2D eigenvalue weighted by Crippen LogP contribution is -2.46. The Labute approximate surface area is 174 Å². The number of carbonyl (C=O) groups is 1. The molecule has 1 aromatic carbocycles. The molecule has 8 nitrogen and oxygen atoms in total. The smallest absolute Gasteiger partial charge is 0.241 e. The second kappa shape index (κ2) is 8.79. The number of hydrogen-bond acceptors (Lipinski definition) is 7. The molecule has 2 aromatic heterocycles. The normalized spacial score (nSPS) is 17.6. The average Bonchev–Trinajstić information content (AvgIpc) is 3.41. The summed E-state index contributed by atoms with van der Waals surface area (Å²) in [6.07, 6.45) is 4.60. The van der Waals surface area contributed by atoms with Crippen molar-refractivity contribution < 1.29 is 4.79 Å². The molecule has 1 aliphatic heterocycles. The fourth-order valence-corrected chi connectivity index (χ4v) is 4.50. The predicted octanol–water partition coefficient (Wildman–Crippen LogP) is 3.24. The van der Waals surface area contributed by atoms with Crippen LogP contribution in [0.5, 0.6) is 0 Å². The molecule has 0 bridgehead atoms. The number of nitrogens with zero attached hydrogens (tertiary/aromatic N) is 6. The van der Waals surface area contributed by atoms with Gasteiger partial charge in [-0.05, 0) is 60.0 Å². The third kappa shape index (κ3) is 4.68. The molecule has 0 spiro atoms. The summed E-state index contributed by atoms with van der Waals surface area (Å²) in [5.74, 6) is 0.470. The molecule has 1 fully saturated rings. The van der Waals surface area contributed by atoms with Gasteiger partial charge in [-0.2, -0.15) is 0 Å². The van der Waals surface area contributed by atoms with Crippen molar-refractivity contribution in [2.75, 3.05) is 11.9 Å². The van der Waals surface area contributed by atoms with Crippen molar-refractivity contribution in [3.8, 4) is 5.69 Å². The third-order valence-electron chi connectivity index (χ3n) is 5.16. The van der Waals surface area contributed by atoms with Crippen LogP contribution in [0.25, 0.3) is 5.69 Å².